The first-order valence-electron chi connectivity index (χ1n) is 13.4. The van der Waals surface area contributed by atoms with Gasteiger partial charge in [0.15, 0.2) is 0 Å². The predicted octanol–water partition coefficient (Wildman–Crippen LogP) is 5.84. The number of amides is 2. The number of carbonyl (C=O) groups excluding carboxylic acids is 2. The molecule has 2 amide bonds. The maximum absolute atomic E-state index is 14.3. The van der Waals surface area contributed by atoms with E-state index < -0.39 is 22.5 Å². The van der Waals surface area contributed by atoms with E-state index in [-0.39, 0.29) is 18.0 Å². The summed E-state index contributed by atoms with van der Waals surface area (Å²) in [4.78, 5) is 27.5. The normalized spacial score (nSPS) is 17.3. The van der Waals surface area contributed by atoms with E-state index in [0.717, 1.165) is 17.4 Å². The number of nitrogens with one attached hydrogen (secondary N) is 2. The second kappa shape index (κ2) is 12.9. The Morgan fingerprint density at radius 3 is 2.59 bits per heavy atom. The molecule has 2 N–H and O–H groups in total. The quantitative estimate of drug-likeness (QED) is 0.319. The number of hydrogen-bond donors (Lipinski definition) is 2. The van der Waals surface area contributed by atoms with Crippen molar-refractivity contribution < 1.29 is 18.2 Å². The third-order valence-electron chi connectivity index (χ3n) is 7.08. The van der Waals surface area contributed by atoms with Crippen molar-refractivity contribution in [1.29, 1.82) is 0 Å². The molecule has 1 fully saturated rings. The van der Waals surface area contributed by atoms with Crippen molar-refractivity contribution in [3.8, 4) is 0 Å². The molecule has 3 aromatic carbocycles. The lowest BCUT2D eigenvalue weighted by molar-refractivity contribution is 0.0948. The second-order valence-electron chi connectivity index (χ2n) is 9.75. The summed E-state index contributed by atoms with van der Waals surface area (Å²) in [6.07, 6.45) is 7.44. The van der Waals surface area contributed by atoms with E-state index in [4.69, 9.17) is 0 Å². The number of thioether (sulfide) groups is 1. The minimum Gasteiger partial charge on any atom is -0.352 e. The van der Waals surface area contributed by atoms with Crippen LogP contribution in [0.4, 0.5) is 10.1 Å². The molecule has 9 heteroatoms. The van der Waals surface area contributed by atoms with Gasteiger partial charge in [0.2, 0.25) is 0 Å². The monoisotopic (exact) mass is 565 g/mol. The van der Waals surface area contributed by atoms with Crippen LogP contribution in [0, 0.1) is 5.82 Å². The van der Waals surface area contributed by atoms with Gasteiger partial charge in [-0.15, -0.1) is 0 Å². The molecule has 204 valence electrons. The average Bonchev–Trinajstić information content (AvgIpc) is 3.05. The highest BCUT2D eigenvalue weighted by atomic mass is 32.2. The Labute approximate surface area is 235 Å². The van der Waals surface area contributed by atoms with Crippen LogP contribution in [0.3, 0.4) is 0 Å². The van der Waals surface area contributed by atoms with E-state index in [0.29, 0.717) is 33.2 Å². The Bertz CT molecular complexity index is 1380. The van der Waals surface area contributed by atoms with Crippen LogP contribution in [0.2, 0.25) is 0 Å². The van der Waals surface area contributed by atoms with Crippen LogP contribution in [0.25, 0.3) is 0 Å². The first-order valence-corrected chi connectivity index (χ1v) is 15.6. The lowest BCUT2D eigenvalue weighted by Gasteiger charge is -2.24. The number of nitrogens with zero attached hydrogens (tertiary/aromatic N) is 1. The van der Waals surface area contributed by atoms with Gasteiger partial charge >= 0.3 is 0 Å². The van der Waals surface area contributed by atoms with Crippen LogP contribution in [0.15, 0.2) is 76.5 Å². The van der Waals surface area contributed by atoms with Crippen molar-refractivity contribution in [2.24, 2.45) is 0 Å². The fraction of sp³-hybridized carbons (Fsp3) is 0.333. The van der Waals surface area contributed by atoms with Gasteiger partial charge in [-0.05, 0) is 61.4 Å². The predicted molar refractivity (Wildman–Crippen MR) is 154 cm³/mol. The van der Waals surface area contributed by atoms with E-state index in [2.05, 4.69) is 10.7 Å². The number of rotatable bonds is 9. The summed E-state index contributed by atoms with van der Waals surface area (Å²) in [5.74, 6) is -0.0682. The second-order valence-corrected chi connectivity index (χ2v) is 12.6. The molecule has 0 spiro atoms. The fourth-order valence-electron chi connectivity index (χ4n) is 4.96. The molecule has 1 aliphatic heterocycles. The van der Waals surface area contributed by atoms with Crippen LogP contribution in [0.5, 0.6) is 0 Å². The third-order valence-corrected chi connectivity index (χ3v) is 10.0. The first kappa shape index (κ1) is 27.6. The lowest BCUT2D eigenvalue weighted by atomic mass is 10.0. The summed E-state index contributed by atoms with van der Waals surface area (Å²) in [5, 5.41) is 5.00. The number of carbonyl (C=O) groups is 2. The molecule has 0 saturated heterocycles. The van der Waals surface area contributed by atoms with E-state index in [1.54, 1.807) is 60.7 Å². The average molecular weight is 566 g/mol. The van der Waals surface area contributed by atoms with Gasteiger partial charge in [-0.3, -0.25) is 9.59 Å². The van der Waals surface area contributed by atoms with Gasteiger partial charge in [-0.1, -0.05) is 49.6 Å². The number of halogens is 1. The van der Waals surface area contributed by atoms with Crippen molar-refractivity contribution in [3.63, 3.8) is 0 Å². The topological polar surface area (TPSA) is 78.5 Å². The van der Waals surface area contributed by atoms with Gasteiger partial charge in [-0.25, -0.2) is 19.0 Å². The lowest BCUT2D eigenvalue weighted by Crippen LogP contribution is -2.43. The van der Waals surface area contributed by atoms with Crippen LogP contribution in [-0.4, -0.2) is 33.6 Å². The number of fused-ring (bicyclic) bond motifs is 2. The van der Waals surface area contributed by atoms with Crippen molar-refractivity contribution >= 4 is 40.1 Å². The van der Waals surface area contributed by atoms with E-state index in [1.165, 1.54) is 43.2 Å². The number of hydrogen-bond acceptors (Lipinski definition) is 5. The van der Waals surface area contributed by atoms with Crippen LogP contribution in [0.1, 0.15) is 64.8 Å². The molecule has 0 aromatic heterocycles. The van der Waals surface area contributed by atoms with Gasteiger partial charge < -0.3 is 5.32 Å². The number of hydrazine groups is 1. The van der Waals surface area contributed by atoms with Crippen molar-refractivity contribution in [2.45, 2.75) is 60.1 Å². The van der Waals surface area contributed by atoms with Gasteiger partial charge in [0, 0.05) is 29.5 Å². The molecule has 1 heterocycles. The number of anilines is 1. The molecule has 3 aromatic rings. The molecule has 1 atom stereocenters. The summed E-state index contributed by atoms with van der Waals surface area (Å²) in [6, 6.07) is 17.9. The van der Waals surface area contributed by atoms with Crippen LogP contribution >= 0.6 is 11.8 Å². The van der Waals surface area contributed by atoms with Crippen LogP contribution < -0.4 is 15.8 Å². The highest BCUT2D eigenvalue weighted by molar-refractivity contribution is 7.99. The standard InChI is InChI=1S/C30H32FN3O3S2/c31-25-13-6-4-9-22(25)20-33-34-26-19-21(29(35)32-17-8-18-38-23-10-2-1-3-11-23)15-16-28(26)39(37)27-14-7-5-12-24(27)30(34)36/h4-7,9,12-16,19,23,33H,1-3,8,10-11,17-18,20H2,(H,32,35). The maximum Gasteiger partial charge on any atom is 0.273 e. The largest absolute Gasteiger partial charge is 0.352 e. The molecule has 0 radical (unpaired) electrons. The highest BCUT2D eigenvalue weighted by Crippen LogP contribution is 2.34. The highest BCUT2D eigenvalue weighted by Gasteiger charge is 2.31. The number of benzene rings is 3. The molecule has 2 aliphatic rings. The molecule has 1 aliphatic carbocycles. The SMILES string of the molecule is O=C(NCCCSC1CCCCC1)c1ccc2c(c1)N(NCc1ccccc1F)C(=O)c1ccccc1S2=O. The summed E-state index contributed by atoms with van der Waals surface area (Å²) in [5.41, 5.74) is 4.36. The van der Waals surface area contributed by atoms with E-state index >= 15 is 0 Å². The molecule has 0 bridgehead atoms. The fourth-order valence-corrected chi connectivity index (χ4v) is 7.60. The Balaban J connectivity index is 1.34. The van der Waals surface area contributed by atoms with Gasteiger partial charge in [0.05, 0.1) is 31.8 Å². The summed E-state index contributed by atoms with van der Waals surface area (Å²) in [6.45, 7) is 0.586. The Hall–Kier alpha value is -3.01. The first-order chi connectivity index (χ1) is 19.0. The minimum atomic E-state index is -1.64. The van der Waals surface area contributed by atoms with E-state index in [1.807, 2.05) is 11.8 Å². The zero-order chi connectivity index (χ0) is 27.2. The Kier molecular flexibility index (Phi) is 9.11. The Morgan fingerprint density at radius 2 is 1.77 bits per heavy atom. The van der Waals surface area contributed by atoms with Gasteiger partial charge in [0.1, 0.15) is 5.82 Å². The van der Waals surface area contributed by atoms with Crippen molar-refractivity contribution in [3.05, 3.63) is 89.2 Å². The maximum atomic E-state index is 14.3. The zero-order valence-electron chi connectivity index (χ0n) is 21.7. The zero-order valence-corrected chi connectivity index (χ0v) is 23.3. The Morgan fingerprint density at radius 1 is 1.00 bits per heavy atom. The minimum absolute atomic E-state index is 0.0295. The molecule has 1 saturated carbocycles. The molecule has 6 nitrogen and oxygen atoms in total. The van der Waals surface area contributed by atoms with Crippen LogP contribution in [-0.2, 0) is 17.3 Å². The summed E-state index contributed by atoms with van der Waals surface area (Å²) in [7, 11) is -1.64. The van der Waals surface area contributed by atoms with Crippen molar-refractivity contribution in [1.82, 2.24) is 10.7 Å². The van der Waals surface area contributed by atoms with Gasteiger partial charge in [0.25, 0.3) is 11.8 Å². The molecular formula is C30H32FN3O3S2. The molecule has 1 unspecified atom stereocenters. The molecule has 5 rings (SSSR count). The molecule has 39 heavy (non-hydrogen) atoms. The van der Waals surface area contributed by atoms with Gasteiger partial charge in [-0.2, -0.15) is 11.8 Å². The van der Waals surface area contributed by atoms with E-state index in [9.17, 15) is 18.2 Å². The summed E-state index contributed by atoms with van der Waals surface area (Å²) < 4.78 is 27.9. The summed E-state index contributed by atoms with van der Waals surface area (Å²) >= 11 is 2.00. The molecular weight excluding hydrogens is 533 g/mol. The smallest absolute Gasteiger partial charge is 0.273 e. The van der Waals surface area contributed by atoms with Crippen molar-refractivity contribution in [2.75, 3.05) is 17.3 Å². The third kappa shape index (κ3) is 6.42.